The van der Waals surface area contributed by atoms with Gasteiger partial charge in [0.05, 0.1) is 0 Å². The number of carbonyl (C=O) groups excluding carboxylic acids is 2. The molecule has 1 rings (SSSR count). The van der Waals surface area contributed by atoms with Crippen LogP contribution in [0.1, 0.15) is 15.9 Å². The van der Waals surface area contributed by atoms with Gasteiger partial charge in [-0.05, 0) is 17.7 Å². The molecule has 0 aliphatic rings. The zero-order valence-corrected chi connectivity index (χ0v) is 7.87. The van der Waals surface area contributed by atoms with E-state index >= 15 is 0 Å². The smallest absolute Gasteiger partial charge is 0.150 e. The molecule has 62 valence electrons. The first-order valence-corrected chi connectivity index (χ1v) is 4.24. The van der Waals surface area contributed by atoms with Gasteiger partial charge < -0.3 is 4.79 Å². The Morgan fingerprint density at radius 2 is 2.08 bits per heavy atom. The number of aldehydes is 2. The minimum atomic E-state index is 0.285. The lowest BCUT2D eigenvalue weighted by Gasteiger charge is -1.99. The Morgan fingerprint density at radius 1 is 1.33 bits per heavy atom. The highest BCUT2D eigenvalue weighted by atomic mass is 79.9. The summed E-state index contributed by atoms with van der Waals surface area (Å²) in [5.74, 6) is 0. The van der Waals surface area contributed by atoms with E-state index < -0.39 is 0 Å². The third kappa shape index (κ3) is 2.01. The van der Waals surface area contributed by atoms with E-state index in [0.29, 0.717) is 5.56 Å². The molecule has 0 radical (unpaired) electrons. The van der Waals surface area contributed by atoms with Crippen LogP contribution in [-0.4, -0.2) is 12.6 Å². The molecule has 0 aliphatic carbocycles. The molecule has 0 amide bonds. The zero-order chi connectivity index (χ0) is 8.97. The molecule has 0 fully saturated rings. The number of benzene rings is 1. The highest BCUT2D eigenvalue weighted by Crippen LogP contribution is 2.15. The zero-order valence-electron chi connectivity index (χ0n) is 6.29. The van der Waals surface area contributed by atoms with E-state index in [1.807, 2.05) is 0 Å². The molecule has 1 aromatic rings. The molecule has 0 atom stereocenters. The van der Waals surface area contributed by atoms with E-state index in [2.05, 4.69) is 15.9 Å². The maximum atomic E-state index is 10.5. The average molecular weight is 227 g/mol. The second-order valence-electron chi connectivity index (χ2n) is 2.33. The van der Waals surface area contributed by atoms with Crippen LogP contribution in [0, 0.1) is 0 Å². The van der Waals surface area contributed by atoms with E-state index in [1.165, 1.54) is 0 Å². The van der Waals surface area contributed by atoms with Crippen molar-refractivity contribution in [2.24, 2.45) is 0 Å². The summed E-state index contributed by atoms with van der Waals surface area (Å²) in [4.78, 5) is 20.7. The molecule has 0 aliphatic heterocycles. The van der Waals surface area contributed by atoms with Crippen LogP contribution >= 0.6 is 15.9 Å². The normalized spacial score (nSPS) is 9.42. The lowest BCUT2D eigenvalue weighted by Crippen LogP contribution is -1.93. The van der Waals surface area contributed by atoms with Crippen molar-refractivity contribution in [3.63, 3.8) is 0 Å². The van der Waals surface area contributed by atoms with E-state index in [-0.39, 0.29) is 6.42 Å². The standard InChI is InChI=1S/C9H7BrO2/c10-9-2-1-8(6-12)7(5-9)3-4-11/h1-2,4-6H,3H2. The fourth-order valence-electron chi connectivity index (χ4n) is 0.956. The van der Waals surface area contributed by atoms with Crippen LogP contribution in [0.25, 0.3) is 0 Å². The summed E-state index contributed by atoms with van der Waals surface area (Å²) in [7, 11) is 0. The number of rotatable bonds is 3. The van der Waals surface area contributed by atoms with Crippen molar-refractivity contribution in [1.29, 1.82) is 0 Å². The van der Waals surface area contributed by atoms with Gasteiger partial charge >= 0.3 is 0 Å². The largest absolute Gasteiger partial charge is 0.303 e. The second-order valence-corrected chi connectivity index (χ2v) is 3.25. The van der Waals surface area contributed by atoms with Crippen LogP contribution in [0.4, 0.5) is 0 Å². The van der Waals surface area contributed by atoms with Gasteiger partial charge in [0.25, 0.3) is 0 Å². The molecular weight excluding hydrogens is 220 g/mol. The fourth-order valence-corrected chi connectivity index (χ4v) is 1.36. The van der Waals surface area contributed by atoms with Gasteiger partial charge in [-0.2, -0.15) is 0 Å². The van der Waals surface area contributed by atoms with E-state index in [9.17, 15) is 9.59 Å². The molecule has 0 unspecified atom stereocenters. The monoisotopic (exact) mass is 226 g/mol. The van der Waals surface area contributed by atoms with Crippen LogP contribution in [0.15, 0.2) is 22.7 Å². The SMILES string of the molecule is O=CCc1cc(Br)ccc1C=O. The molecule has 0 heterocycles. The topological polar surface area (TPSA) is 34.1 Å². The third-order valence-electron chi connectivity index (χ3n) is 1.54. The number of carbonyl (C=O) groups is 2. The van der Waals surface area contributed by atoms with Crippen molar-refractivity contribution in [3.8, 4) is 0 Å². The van der Waals surface area contributed by atoms with E-state index in [1.54, 1.807) is 18.2 Å². The van der Waals surface area contributed by atoms with Crippen LogP contribution < -0.4 is 0 Å². The lowest BCUT2D eigenvalue weighted by atomic mass is 10.1. The molecule has 0 saturated carbocycles. The summed E-state index contributed by atoms with van der Waals surface area (Å²) in [6, 6.07) is 5.24. The Bertz CT molecular complexity index is 307. The number of hydrogen-bond acceptors (Lipinski definition) is 2. The summed E-state index contributed by atoms with van der Waals surface area (Å²) in [5.41, 5.74) is 1.33. The molecule has 3 heteroatoms. The predicted molar refractivity (Wildman–Crippen MR) is 49.3 cm³/mol. The van der Waals surface area contributed by atoms with E-state index in [4.69, 9.17) is 0 Å². The van der Waals surface area contributed by atoms with Gasteiger partial charge in [0, 0.05) is 16.5 Å². The van der Waals surface area contributed by atoms with Gasteiger partial charge in [-0.1, -0.05) is 22.0 Å². The first-order chi connectivity index (χ1) is 5.77. The van der Waals surface area contributed by atoms with Crippen molar-refractivity contribution in [2.45, 2.75) is 6.42 Å². The Morgan fingerprint density at radius 3 is 2.67 bits per heavy atom. The van der Waals surface area contributed by atoms with Crippen LogP contribution in [-0.2, 0) is 11.2 Å². The van der Waals surface area contributed by atoms with Gasteiger partial charge in [-0.3, -0.25) is 4.79 Å². The molecule has 12 heavy (non-hydrogen) atoms. The second kappa shape index (κ2) is 4.16. The van der Waals surface area contributed by atoms with Gasteiger partial charge in [0.2, 0.25) is 0 Å². The summed E-state index contributed by atoms with van der Waals surface area (Å²) in [6.07, 6.45) is 1.83. The number of hydrogen-bond donors (Lipinski definition) is 0. The van der Waals surface area contributed by atoms with Crippen molar-refractivity contribution in [3.05, 3.63) is 33.8 Å². The van der Waals surface area contributed by atoms with Crippen LogP contribution in [0.5, 0.6) is 0 Å². The first-order valence-electron chi connectivity index (χ1n) is 3.45. The quantitative estimate of drug-likeness (QED) is 0.740. The molecule has 0 aromatic heterocycles. The lowest BCUT2D eigenvalue weighted by molar-refractivity contribution is -0.107. The highest BCUT2D eigenvalue weighted by molar-refractivity contribution is 9.10. The number of halogens is 1. The highest BCUT2D eigenvalue weighted by Gasteiger charge is 2.00. The van der Waals surface area contributed by atoms with Crippen LogP contribution in [0.2, 0.25) is 0 Å². The fraction of sp³-hybridized carbons (Fsp3) is 0.111. The van der Waals surface area contributed by atoms with Crippen molar-refractivity contribution >= 4 is 28.5 Å². The Balaban J connectivity index is 3.11. The Kier molecular flexibility index (Phi) is 3.17. The van der Waals surface area contributed by atoms with Crippen molar-refractivity contribution in [1.82, 2.24) is 0 Å². The summed E-state index contributed by atoms with van der Waals surface area (Å²) in [5, 5.41) is 0. The van der Waals surface area contributed by atoms with Crippen LogP contribution in [0.3, 0.4) is 0 Å². The molecular formula is C9H7BrO2. The van der Waals surface area contributed by atoms with Gasteiger partial charge in [0.15, 0.2) is 0 Å². The molecule has 0 spiro atoms. The molecule has 0 saturated heterocycles. The van der Waals surface area contributed by atoms with Gasteiger partial charge in [-0.25, -0.2) is 0 Å². The summed E-state index contributed by atoms with van der Waals surface area (Å²) < 4.78 is 0.880. The Hall–Kier alpha value is -0.960. The Labute approximate surface area is 78.7 Å². The third-order valence-corrected chi connectivity index (χ3v) is 2.03. The van der Waals surface area contributed by atoms with Crippen molar-refractivity contribution < 1.29 is 9.59 Å². The predicted octanol–water partition coefficient (Wildman–Crippen LogP) is 2.00. The maximum Gasteiger partial charge on any atom is 0.150 e. The summed E-state index contributed by atoms with van der Waals surface area (Å²) >= 11 is 3.26. The molecule has 0 N–H and O–H groups in total. The average Bonchev–Trinajstić information content (AvgIpc) is 2.05. The molecule has 1 aromatic carbocycles. The van der Waals surface area contributed by atoms with Gasteiger partial charge in [0.1, 0.15) is 12.6 Å². The van der Waals surface area contributed by atoms with Gasteiger partial charge in [-0.15, -0.1) is 0 Å². The molecule has 2 nitrogen and oxygen atoms in total. The van der Waals surface area contributed by atoms with E-state index in [0.717, 1.165) is 22.6 Å². The van der Waals surface area contributed by atoms with Crippen molar-refractivity contribution in [2.75, 3.05) is 0 Å². The first kappa shape index (κ1) is 9.13. The molecule has 0 bridgehead atoms. The maximum absolute atomic E-state index is 10.5. The minimum Gasteiger partial charge on any atom is -0.303 e. The summed E-state index contributed by atoms with van der Waals surface area (Å²) in [6.45, 7) is 0. The minimum absolute atomic E-state index is 0.285.